The Balaban J connectivity index is 1.25. The summed E-state index contributed by atoms with van der Waals surface area (Å²) in [6, 6.07) is 23.0. The van der Waals surface area contributed by atoms with Crippen LogP contribution in [0.5, 0.6) is 5.75 Å². The summed E-state index contributed by atoms with van der Waals surface area (Å²) in [5, 5.41) is 9.33. The molecule has 1 aromatic heterocycles. The molecule has 0 unspecified atom stereocenters. The minimum absolute atomic E-state index is 0.0341. The normalized spacial score (nSPS) is 16.1. The molecule has 1 fully saturated rings. The average molecular weight is 519 g/mol. The lowest BCUT2D eigenvalue weighted by Gasteiger charge is -2.21. The molecule has 0 saturated carbocycles. The molecular formula is C28H26N2O6S. The molecule has 3 aromatic carbocycles. The summed E-state index contributed by atoms with van der Waals surface area (Å²) in [6.45, 7) is 2.16. The second-order valence-electron chi connectivity index (χ2n) is 8.84. The number of rotatable bonds is 8. The van der Waals surface area contributed by atoms with Crippen molar-refractivity contribution < 1.29 is 27.5 Å². The van der Waals surface area contributed by atoms with Gasteiger partial charge in [0.2, 0.25) is 15.9 Å². The molecule has 1 N–H and O–H groups in total. The van der Waals surface area contributed by atoms with E-state index in [9.17, 15) is 18.3 Å². The summed E-state index contributed by atoms with van der Waals surface area (Å²) in [6.07, 6.45) is 0.833. The molecule has 1 aliphatic heterocycles. The molecule has 0 amide bonds. The molecule has 37 heavy (non-hydrogen) atoms. The number of sulfonamides is 1. The summed E-state index contributed by atoms with van der Waals surface area (Å²) in [4.78, 5) is 16.0. The number of oxazole rings is 1. The van der Waals surface area contributed by atoms with Crippen LogP contribution in [-0.2, 0) is 21.4 Å². The fourth-order valence-corrected chi connectivity index (χ4v) is 6.04. The highest BCUT2D eigenvalue weighted by atomic mass is 32.2. The lowest BCUT2D eigenvalue weighted by molar-refractivity contribution is -0.140. The van der Waals surface area contributed by atoms with Gasteiger partial charge in [0.1, 0.15) is 29.9 Å². The van der Waals surface area contributed by atoms with Crippen LogP contribution in [0.25, 0.3) is 22.6 Å². The van der Waals surface area contributed by atoms with Crippen molar-refractivity contribution in [1.29, 1.82) is 0 Å². The largest absolute Gasteiger partial charge is 0.487 e. The third-order valence-corrected chi connectivity index (χ3v) is 8.35. The Kier molecular flexibility index (Phi) is 6.82. The molecule has 8 nitrogen and oxygen atoms in total. The topological polar surface area (TPSA) is 110 Å². The van der Waals surface area contributed by atoms with Crippen LogP contribution < -0.4 is 4.74 Å². The van der Waals surface area contributed by atoms with E-state index in [1.807, 2.05) is 49.4 Å². The van der Waals surface area contributed by atoms with Crippen LogP contribution in [0.1, 0.15) is 24.3 Å². The highest BCUT2D eigenvalue weighted by Gasteiger charge is 2.39. The van der Waals surface area contributed by atoms with Crippen molar-refractivity contribution in [1.82, 2.24) is 9.29 Å². The molecule has 4 aromatic rings. The monoisotopic (exact) mass is 518 g/mol. The zero-order valence-corrected chi connectivity index (χ0v) is 21.0. The van der Waals surface area contributed by atoms with Gasteiger partial charge in [-0.05, 0) is 67.3 Å². The third-order valence-electron chi connectivity index (χ3n) is 6.43. The van der Waals surface area contributed by atoms with Gasteiger partial charge in [-0.1, -0.05) is 42.5 Å². The van der Waals surface area contributed by atoms with Crippen LogP contribution in [0.3, 0.4) is 0 Å². The SMILES string of the molecule is Cc1oc(-c2ccc(-c3ccccc3)cc2)nc1COc1ccc(S(=O)(=O)N2CCC[C@@H]2C(=O)O)cc1. The van der Waals surface area contributed by atoms with Gasteiger partial charge in [0.15, 0.2) is 0 Å². The predicted octanol–water partition coefficient (Wildman–Crippen LogP) is 5.13. The van der Waals surface area contributed by atoms with Gasteiger partial charge in [-0.25, -0.2) is 13.4 Å². The summed E-state index contributed by atoms with van der Waals surface area (Å²) in [5.41, 5.74) is 3.72. The van der Waals surface area contributed by atoms with Gasteiger partial charge in [0.25, 0.3) is 0 Å². The summed E-state index contributed by atoms with van der Waals surface area (Å²) in [5.74, 6) is 0.465. The molecule has 0 spiro atoms. The van der Waals surface area contributed by atoms with Crippen molar-refractivity contribution >= 4 is 16.0 Å². The number of carboxylic acid groups (broad SMARTS) is 1. The number of aryl methyl sites for hydroxylation is 1. The van der Waals surface area contributed by atoms with E-state index in [0.29, 0.717) is 35.9 Å². The number of hydrogen-bond acceptors (Lipinski definition) is 6. The van der Waals surface area contributed by atoms with Crippen molar-refractivity contribution in [3.8, 4) is 28.3 Å². The molecule has 9 heteroatoms. The molecule has 1 aliphatic rings. The fraction of sp³-hybridized carbons (Fsp3) is 0.214. The maximum atomic E-state index is 12.9. The van der Waals surface area contributed by atoms with Crippen molar-refractivity contribution in [3.63, 3.8) is 0 Å². The Morgan fingerprint density at radius 3 is 2.32 bits per heavy atom. The molecule has 5 rings (SSSR count). The maximum absolute atomic E-state index is 12.9. The van der Waals surface area contributed by atoms with Crippen LogP contribution >= 0.6 is 0 Å². The number of aromatic nitrogens is 1. The van der Waals surface area contributed by atoms with Crippen molar-refractivity contribution in [2.45, 2.75) is 37.3 Å². The van der Waals surface area contributed by atoms with Gasteiger partial charge in [-0.3, -0.25) is 4.79 Å². The Bertz CT molecular complexity index is 1500. The van der Waals surface area contributed by atoms with E-state index < -0.39 is 22.0 Å². The number of hydrogen-bond donors (Lipinski definition) is 1. The first kappa shape index (κ1) is 24.7. The third kappa shape index (κ3) is 5.14. The molecule has 1 saturated heterocycles. The van der Waals surface area contributed by atoms with Gasteiger partial charge in [-0.15, -0.1) is 0 Å². The first-order valence-corrected chi connectivity index (χ1v) is 13.4. The number of carbonyl (C=O) groups is 1. The van der Waals surface area contributed by atoms with E-state index in [1.54, 1.807) is 12.1 Å². The van der Waals surface area contributed by atoms with Crippen LogP contribution in [0.2, 0.25) is 0 Å². The first-order chi connectivity index (χ1) is 17.8. The Labute approximate surface area is 215 Å². The minimum atomic E-state index is -3.90. The van der Waals surface area contributed by atoms with Crippen LogP contribution in [-0.4, -0.2) is 41.4 Å². The van der Waals surface area contributed by atoms with E-state index in [1.165, 1.54) is 12.1 Å². The maximum Gasteiger partial charge on any atom is 0.322 e. The van der Waals surface area contributed by atoms with E-state index in [4.69, 9.17) is 9.15 Å². The molecule has 0 aliphatic carbocycles. The second kappa shape index (κ2) is 10.2. The van der Waals surface area contributed by atoms with Gasteiger partial charge in [-0.2, -0.15) is 4.31 Å². The number of carboxylic acids is 1. The van der Waals surface area contributed by atoms with E-state index in [0.717, 1.165) is 21.0 Å². The van der Waals surface area contributed by atoms with Crippen LogP contribution in [0, 0.1) is 6.92 Å². The molecule has 190 valence electrons. The highest BCUT2D eigenvalue weighted by Crippen LogP contribution is 2.29. The molecular weight excluding hydrogens is 492 g/mol. The summed E-state index contributed by atoms with van der Waals surface area (Å²) < 4.78 is 38.6. The molecule has 0 radical (unpaired) electrons. The van der Waals surface area contributed by atoms with E-state index >= 15 is 0 Å². The van der Waals surface area contributed by atoms with Gasteiger partial charge in [0, 0.05) is 12.1 Å². The Hall–Kier alpha value is -3.95. The van der Waals surface area contributed by atoms with Crippen molar-refractivity contribution in [3.05, 3.63) is 90.3 Å². The lowest BCUT2D eigenvalue weighted by Crippen LogP contribution is -2.40. The first-order valence-electron chi connectivity index (χ1n) is 11.9. The summed E-state index contributed by atoms with van der Waals surface area (Å²) >= 11 is 0. The Morgan fingerprint density at radius 1 is 1.00 bits per heavy atom. The molecule has 2 heterocycles. The van der Waals surface area contributed by atoms with E-state index in [2.05, 4.69) is 17.1 Å². The van der Waals surface area contributed by atoms with Crippen LogP contribution in [0.15, 0.2) is 88.2 Å². The average Bonchev–Trinajstić information content (AvgIpc) is 3.56. The van der Waals surface area contributed by atoms with E-state index in [-0.39, 0.29) is 18.0 Å². The standard InChI is InChI=1S/C28H26N2O6S/c1-19-25(29-27(36-19)22-11-9-21(10-12-22)20-6-3-2-4-7-20)18-35-23-13-15-24(16-14-23)37(33,34)30-17-5-8-26(30)28(31)32/h2-4,6-7,9-16,26H,5,8,17-18H2,1H3,(H,31,32)/t26-/m1/s1. The van der Waals surface area contributed by atoms with Gasteiger partial charge in [0.05, 0.1) is 4.90 Å². The van der Waals surface area contributed by atoms with Crippen molar-refractivity contribution in [2.75, 3.05) is 6.54 Å². The fourth-order valence-electron chi connectivity index (χ4n) is 4.39. The predicted molar refractivity (Wildman–Crippen MR) is 137 cm³/mol. The highest BCUT2D eigenvalue weighted by molar-refractivity contribution is 7.89. The number of nitrogens with zero attached hydrogens (tertiary/aromatic N) is 2. The number of ether oxygens (including phenoxy) is 1. The van der Waals surface area contributed by atoms with Gasteiger partial charge < -0.3 is 14.3 Å². The van der Waals surface area contributed by atoms with Crippen molar-refractivity contribution in [2.24, 2.45) is 0 Å². The minimum Gasteiger partial charge on any atom is -0.487 e. The second-order valence-corrected chi connectivity index (χ2v) is 10.7. The zero-order chi connectivity index (χ0) is 26.0. The quantitative estimate of drug-likeness (QED) is 0.344. The lowest BCUT2D eigenvalue weighted by atomic mass is 10.0. The Morgan fingerprint density at radius 2 is 1.65 bits per heavy atom. The zero-order valence-electron chi connectivity index (χ0n) is 20.2. The smallest absolute Gasteiger partial charge is 0.322 e. The van der Waals surface area contributed by atoms with Crippen LogP contribution in [0.4, 0.5) is 0 Å². The molecule has 0 bridgehead atoms. The summed E-state index contributed by atoms with van der Waals surface area (Å²) in [7, 11) is -3.90. The van der Waals surface area contributed by atoms with Gasteiger partial charge >= 0.3 is 5.97 Å². The molecule has 1 atom stereocenters. The number of benzene rings is 3. The number of aliphatic carboxylic acids is 1.